The molecule has 0 heterocycles. The number of hydrogen-bond acceptors (Lipinski definition) is 2. The van der Waals surface area contributed by atoms with Crippen LogP contribution in [0.25, 0.3) is 0 Å². The molecule has 0 aromatic heterocycles. The Hall–Kier alpha value is -1.80. The third-order valence-electron chi connectivity index (χ3n) is 3.46. The first-order chi connectivity index (χ1) is 9.72. The van der Waals surface area contributed by atoms with Crippen molar-refractivity contribution in [3.63, 3.8) is 0 Å². The number of benzene rings is 2. The molecule has 2 aromatic rings. The van der Waals surface area contributed by atoms with Crippen molar-refractivity contribution in [1.82, 2.24) is 0 Å². The Kier molecular flexibility index (Phi) is 5.19. The van der Waals surface area contributed by atoms with Gasteiger partial charge in [-0.05, 0) is 60.7 Å². The lowest BCUT2D eigenvalue weighted by Gasteiger charge is -2.09. The maximum atomic E-state index is 9.16. The molecule has 1 N–H and O–H groups in total. The second-order valence-corrected chi connectivity index (χ2v) is 5.10. The van der Waals surface area contributed by atoms with Gasteiger partial charge in [0, 0.05) is 0 Å². The van der Waals surface area contributed by atoms with Crippen molar-refractivity contribution in [2.45, 2.75) is 39.7 Å². The lowest BCUT2D eigenvalue weighted by molar-refractivity contribution is 0.281. The van der Waals surface area contributed by atoms with Crippen LogP contribution in [-0.4, -0.2) is 5.11 Å². The van der Waals surface area contributed by atoms with Crippen LogP contribution in [0.3, 0.4) is 0 Å². The maximum absolute atomic E-state index is 9.16. The maximum Gasteiger partial charge on any atom is 0.127 e. The van der Waals surface area contributed by atoms with Gasteiger partial charge in [-0.15, -0.1) is 0 Å². The van der Waals surface area contributed by atoms with Gasteiger partial charge in [0.25, 0.3) is 0 Å². The molecule has 0 atom stereocenters. The molecule has 0 unspecified atom stereocenters. The molecule has 0 aliphatic heterocycles. The Labute approximate surface area is 121 Å². The fraction of sp³-hybridized carbons (Fsp3) is 0.333. The number of rotatable bonds is 6. The summed E-state index contributed by atoms with van der Waals surface area (Å²) in [6, 6.07) is 14.0. The molecule has 106 valence electrons. The zero-order valence-electron chi connectivity index (χ0n) is 12.2. The summed E-state index contributed by atoms with van der Waals surface area (Å²) < 4.78 is 5.84. The summed E-state index contributed by atoms with van der Waals surface area (Å²) in [5.41, 5.74) is 3.34. The highest BCUT2D eigenvalue weighted by atomic mass is 16.5. The van der Waals surface area contributed by atoms with E-state index in [1.54, 1.807) is 0 Å². The van der Waals surface area contributed by atoms with Gasteiger partial charge >= 0.3 is 0 Å². The van der Waals surface area contributed by atoms with E-state index in [9.17, 15) is 0 Å². The minimum atomic E-state index is 0.0677. The molecule has 0 fully saturated rings. The standard InChI is InChI=1S/C18H22O2/c1-3-4-5-15-6-9-17(10-7-15)20-18-11-8-16(13-19)14(2)12-18/h6-12,19H,3-5,13H2,1-2H3. The van der Waals surface area contributed by atoms with Gasteiger partial charge in [-0.25, -0.2) is 0 Å². The average molecular weight is 270 g/mol. The van der Waals surface area contributed by atoms with E-state index < -0.39 is 0 Å². The van der Waals surface area contributed by atoms with Crippen LogP contribution >= 0.6 is 0 Å². The van der Waals surface area contributed by atoms with Crippen molar-refractivity contribution in [1.29, 1.82) is 0 Å². The number of ether oxygens (including phenoxy) is 1. The number of aliphatic hydroxyl groups excluding tert-OH is 1. The van der Waals surface area contributed by atoms with Gasteiger partial charge in [-0.2, -0.15) is 0 Å². The lowest BCUT2D eigenvalue weighted by atomic mass is 10.1. The zero-order chi connectivity index (χ0) is 14.4. The molecule has 0 aliphatic rings. The summed E-state index contributed by atoms with van der Waals surface area (Å²) in [6.45, 7) is 4.25. The molecule has 2 aromatic carbocycles. The zero-order valence-corrected chi connectivity index (χ0v) is 12.2. The minimum absolute atomic E-state index is 0.0677. The van der Waals surface area contributed by atoms with Gasteiger partial charge in [0.1, 0.15) is 11.5 Å². The van der Waals surface area contributed by atoms with E-state index >= 15 is 0 Å². The van der Waals surface area contributed by atoms with E-state index in [0.29, 0.717) is 0 Å². The third-order valence-corrected chi connectivity index (χ3v) is 3.46. The number of aryl methyl sites for hydroxylation is 2. The molecule has 0 aliphatic carbocycles. The molecule has 2 rings (SSSR count). The number of unbranched alkanes of at least 4 members (excludes halogenated alkanes) is 1. The average Bonchev–Trinajstić information content (AvgIpc) is 2.47. The van der Waals surface area contributed by atoms with E-state index in [1.807, 2.05) is 37.3 Å². The summed E-state index contributed by atoms with van der Waals surface area (Å²) >= 11 is 0. The SMILES string of the molecule is CCCCc1ccc(Oc2ccc(CO)c(C)c2)cc1. The molecule has 0 amide bonds. The molecular weight excluding hydrogens is 248 g/mol. The quantitative estimate of drug-likeness (QED) is 0.829. The van der Waals surface area contributed by atoms with Crippen LogP contribution in [-0.2, 0) is 13.0 Å². The highest BCUT2D eigenvalue weighted by Gasteiger charge is 2.02. The first-order valence-corrected chi connectivity index (χ1v) is 7.20. The van der Waals surface area contributed by atoms with Crippen LogP contribution in [0.2, 0.25) is 0 Å². The summed E-state index contributed by atoms with van der Waals surface area (Å²) in [6.07, 6.45) is 3.57. The Balaban J connectivity index is 2.04. The monoisotopic (exact) mass is 270 g/mol. The van der Waals surface area contributed by atoms with Crippen molar-refractivity contribution >= 4 is 0 Å². The smallest absolute Gasteiger partial charge is 0.127 e. The predicted octanol–water partition coefficient (Wildman–Crippen LogP) is 4.62. The highest BCUT2D eigenvalue weighted by Crippen LogP contribution is 2.24. The molecule has 0 radical (unpaired) electrons. The van der Waals surface area contributed by atoms with Gasteiger partial charge in [-0.1, -0.05) is 31.5 Å². The van der Waals surface area contributed by atoms with Crippen molar-refractivity contribution in [3.05, 3.63) is 59.2 Å². The van der Waals surface area contributed by atoms with Crippen LogP contribution in [0.15, 0.2) is 42.5 Å². The summed E-state index contributed by atoms with van der Waals surface area (Å²) in [7, 11) is 0. The Morgan fingerprint density at radius 2 is 1.70 bits per heavy atom. The lowest BCUT2D eigenvalue weighted by Crippen LogP contribution is -1.91. The molecule has 20 heavy (non-hydrogen) atoms. The predicted molar refractivity (Wildman–Crippen MR) is 82.2 cm³/mol. The molecule has 2 nitrogen and oxygen atoms in total. The van der Waals surface area contributed by atoms with Gasteiger partial charge in [-0.3, -0.25) is 0 Å². The first kappa shape index (κ1) is 14.6. The normalized spacial score (nSPS) is 10.6. The highest BCUT2D eigenvalue weighted by molar-refractivity contribution is 5.38. The molecule has 0 bridgehead atoms. The number of hydrogen-bond donors (Lipinski definition) is 1. The summed E-state index contributed by atoms with van der Waals surface area (Å²) in [4.78, 5) is 0. The molecule has 2 heteroatoms. The van der Waals surface area contributed by atoms with E-state index in [0.717, 1.165) is 29.0 Å². The van der Waals surface area contributed by atoms with E-state index in [1.165, 1.54) is 18.4 Å². The topological polar surface area (TPSA) is 29.5 Å². The minimum Gasteiger partial charge on any atom is -0.457 e. The van der Waals surface area contributed by atoms with Crippen LogP contribution in [0.5, 0.6) is 11.5 Å². The van der Waals surface area contributed by atoms with Gasteiger partial charge in [0.2, 0.25) is 0 Å². The fourth-order valence-electron chi connectivity index (χ4n) is 2.15. The first-order valence-electron chi connectivity index (χ1n) is 7.20. The van der Waals surface area contributed by atoms with Crippen LogP contribution < -0.4 is 4.74 Å². The van der Waals surface area contributed by atoms with Crippen LogP contribution in [0, 0.1) is 6.92 Å². The van der Waals surface area contributed by atoms with E-state index in [4.69, 9.17) is 9.84 Å². The van der Waals surface area contributed by atoms with Crippen LogP contribution in [0.4, 0.5) is 0 Å². The van der Waals surface area contributed by atoms with Crippen molar-refractivity contribution in [2.75, 3.05) is 0 Å². The summed E-state index contributed by atoms with van der Waals surface area (Å²) in [5, 5.41) is 9.16. The second-order valence-electron chi connectivity index (χ2n) is 5.10. The fourth-order valence-corrected chi connectivity index (χ4v) is 2.15. The van der Waals surface area contributed by atoms with Gasteiger partial charge < -0.3 is 9.84 Å². The number of aliphatic hydroxyl groups is 1. The van der Waals surface area contributed by atoms with Gasteiger partial charge in [0.05, 0.1) is 6.61 Å². The van der Waals surface area contributed by atoms with Crippen LogP contribution in [0.1, 0.15) is 36.5 Å². The largest absolute Gasteiger partial charge is 0.457 e. The van der Waals surface area contributed by atoms with Gasteiger partial charge in [0.15, 0.2) is 0 Å². The Morgan fingerprint density at radius 3 is 2.30 bits per heavy atom. The van der Waals surface area contributed by atoms with E-state index in [-0.39, 0.29) is 6.61 Å². The molecule has 0 saturated heterocycles. The third kappa shape index (κ3) is 3.84. The van der Waals surface area contributed by atoms with E-state index in [2.05, 4.69) is 19.1 Å². The van der Waals surface area contributed by atoms with Crippen molar-refractivity contribution in [3.8, 4) is 11.5 Å². The Bertz CT molecular complexity index is 544. The van der Waals surface area contributed by atoms with Crippen molar-refractivity contribution in [2.24, 2.45) is 0 Å². The Morgan fingerprint density at radius 1 is 1.00 bits per heavy atom. The molecule has 0 saturated carbocycles. The summed E-state index contributed by atoms with van der Waals surface area (Å²) in [5.74, 6) is 1.66. The second kappa shape index (κ2) is 7.11. The van der Waals surface area contributed by atoms with Crippen molar-refractivity contribution < 1.29 is 9.84 Å². The molecular formula is C18H22O2. The molecule has 0 spiro atoms.